The van der Waals surface area contributed by atoms with E-state index in [-0.39, 0.29) is 15.9 Å². The normalized spacial score (nSPS) is 20.3. The molecule has 21 heavy (non-hydrogen) atoms. The van der Waals surface area contributed by atoms with Gasteiger partial charge in [0.1, 0.15) is 4.99 Å². The zero-order valence-corrected chi connectivity index (χ0v) is 13.7. The molecule has 1 heterocycles. The second kappa shape index (κ2) is 6.83. The molecular formula is C14H21N3O2S2. The zero-order chi connectivity index (χ0) is 15.5. The highest BCUT2D eigenvalue weighted by Crippen LogP contribution is 2.18. The van der Waals surface area contributed by atoms with Gasteiger partial charge in [0.25, 0.3) is 0 Å². The smallest absolute Gasteiger partial charge is 0.241 e. The minimum absolute atomic E-state index is 0.0666. The molecule has 1 unspecified atom stereocenters. The molecule has 3 N–H and O–H groups in total. The fourth-order valence-electron chi connectivity index (χ4n) is 2.63. The van der Waals surface area contributed by atoms with Crippen LogP contribution in [0.5, 0.6) is 0 Å². The van der Waals surface area contributed by atoms with Crippen LogP contribution in [0.15, 0.2) is 29.2 Å². The number of nitrogens with two attached hydrogens (primary N) is 1. The van der Waals surface area contributed by atoms with E-state index in [2.05, 4.69) is 16.5 Å². The summed E-state index contributed by atoms with van der Waals surface area (Å²) in [5.74, 6) is 0. The number of hydrogen-bond acceptors (Lipinski definition) is 4. The van der Waals surface area contributed by atoms with Crippen molar-refractivity contribution in [2.75, 3.05) is 19.6 Å². The van der Waals surface area contributed by atoms with Gasteiger partial charge in [-0.1, -0.05) is 37.3 Å². The van der Waals surface area contributed by atoms with Gasteiger partial charge < -0.3 is 10.6 Å². The first-order chi connectivity index (χ1) is 9.94. The predicted octanol–water partition coefficient (Wildman–Crippen LogP) is 1.08. The van der Waals surface area contributed by atoms with Gasteiger partial charge in [0.05, 0.1) is 4.90 Å². The Labute approximate surface area is 131 Å². The van der Waals surface area contributed by atoms with E-state index in [9.17, 15) is 8.42 Å². The molecule has 0 aromatic heterocycles. The second-order valence-electron chi connectivity index (χ2n) is 5.21. The summed E-state index contributed by atoms with van der Waals surface area (Å²) in [5, 5.41) is 0. The Morgan fingerprint density at radius 2 is 2.19 bits per heavy atom. The third-order valence-corrected chi connectivity index (χ3v) is 5.52. The summed E-state index contributed by atoms with van der Waals surface area (Å²) in [4.78, 5) is 2.50. The first-order valence-corrected chi connectivity index (χ1v) is 8.96. The van der Waals surface area contributed by atoms with Gasteiger partial charge in [-0.25, -0.2) is 13.1 Å². The van der Waals surface area contributed by atoms with Crippen molar-refractivity contribution in [3.63, 3.8) is 0 Å². The van der Waals surface area contributed by atoms with Crippen molar-refractivity contribution in [3.8, 4) is 0 Å². The van der Waals surface area contributed by atoms with E-state index < -0.39 is 10.0 Å². The van der Waals surface area contributed by atoms with Gasteiger partial charge in [-0.15, -0.1) is 0 Å². The Kier molecular flexibility index (Phi) is 5.32. The van der Waals surface area contributed by atoms with Gasteiger partial charge in [-0.05, 0) is 32.0 Å². The molecule has 116 valence electrons. The maximum absolute atomic E-state index is 12.6. The number of likely N-dealkylation sites (tertiary alicyclic amines) is 1. The maximum atomic E-state index is 12.6. The summed E-state index contributed by atoms with van der Waals surface area (Å²) in [7, 11) is -3.61. The summed E-state index contributed by atoms with van der Waals surface area (Å²) in [6, 6.07) is 6.51. The van der Waals surface area contributed by atoms with Crippen LogP contribution < -0.4 is 10.5 Å². The average molecular weight is 327 g/mol. The molecule has 1 aliphatic rings. The van der Waals surface area contributed by atoms with Crippen LogP contribution in [-0.2, 0) is 10.0 Å². The number of nitrogens with one attached hydrogen (secondary N) is 1. The Bertz CT molecular complexity index is 616. The third-order valence-electron chi connectivity index (χ3n) is 3.72. The molecule has 2 rings (SSSR count). The van der Waals surface area contributed by atoms with Crippen LogP contribution in [0.25, 0.3) is 0 Å². The summed E-state index contributed by atoms with van der Waals surface area (Å²) in [6.07, 6.45) is 1.85. The van der Waals surface area contributed by atoms with E-state index in [0.29, 0.717) is 5.56 Å². The number of nitrogens with zero attached hydrogens (tertiary/aromatic N) is 1. The highest BCUT2D eigenvalue weighted by Gasteiger charge is 2.26. The van der Waals surface area contributed by atoms with Crippen molar-refractivity contribution in [1.82, 2.24) is 9.62 Å². The zero-order valence-electron chi connectivity index (χ0n) is 12.1. The Balaban J connectivity index is 2.21. The van der Waals surface area contributed by atoms with Crippen molar-refractivity contribution >= 4 is 27.2 Å². The Hall–Kier alpha value is -1.02. The van der Waals surface area contributed by atoms with Crippen molar-refractivity contribution in [2.45, 2.75) is 30.7 Å². The molecule has 1 aromatic rings. The van der Waals surface area contributed by atoms with Crippen LogP contribution >= 0.6 is 12.2 Å². The number of hydrogen-bond donors (Lipinski definition) is 2. The molecule has 0 aliphatic carbocycles. The number of thiocarbonyl (C=S) groups is 1. The third kappa shape index (κ3) is 4.00. The highest BCUT2D eigenvalue weighted by molar-refractivity contribution is 7.89. The molecule has 5 nitrogen and oxygen atoms in total. The van der Waals surface area contributed by atoms with E-state index in [0.717, 1.165) is 32.5 Å². The highest BCUT2D eigenvalue weighted by atomic mass is 32.2. The van der Waals surface area contributed by atoms with Gasteiger partial charge >= 0.3 is 0 Å². The molecule has 0 bridgehead atoms. The number of piperidine rings is 1. The van der Waals surface area contributed by atoms with E-state index in [1.54, 1.807) is 18.2 Å². The summed E-state index contributed by atoms with van der Waals surface area (Å²) in [6.45, 7) is 4.78. The van der Waals surface area contributed by atoms with Crippen LogP contribution in [0.3, 0.4) is 0 Å². The van der Waals surface area contributed by atoms with E-state index in [1.165, 1.54) is 6.07 Å². The van der Waals surface area contributed by atoms with E-state index in [4.69, 9.17) is 18.0 Å². The van der Waals surface area contributed by atoms with Crippen LogP contribution in [0.2, 0.25) is 0 Å². The van der Waals surface area contributed by atoms with Gasteiger partial charge in [-0.3, -0.25) is 0 Å². The molecule has 0 saturated carbocycles. The molecule has 0 spiro atoms. The van der Waals surface area contributed by atoms with Crippen LogP contribution in [0.1, 0.15) is 25.3 Å². The number of sulfonamides is 1. The summed E-state index contributed by atoms with van der Waals surface area (Å²) < 4.78 is 27.9. The van der Waals surface area contributed by atoms with E-state index >= 15 is 0 Å². The van der Waals surface area contributed by atoms with Gasteiger partial charge in [0, 0.05) is 18.2 Å². The molecule has 1 saturated heterocycles. The standard InChI is InChI=1S/C14H21N3O2S2/c1-2-17-9-5-6-11(10-17)16-21(18,19)13-8-4-3-7-12(13)14(15)20/h3-4,7-8,11,16H,2,5-6,9-10H2,1H3,(H2,15,20). The topological polar surface area (TPSA) is 75.4 Å². The maximum Gasteiger partial charge on any atom is 0.241 e. The molecular weight excluding hydrogens is 306 g/mol. The van der Waals surface area contributed by atoms with Gasteiger partial charge in [0.2, 0.25) is 10.0 Å². The first-order valence-electron chi connectivity index (χ1n) is 7.07. The van der Waals surface area contributed by atoms with Crippen molar-refractivity contribution in [3.05, 3.63) is 29.8 Å². The quantitative estimate of drug-likeness (QED) is 0.792. The molecule has 7 heteroatoms. The molecule has 1 aliphatic heterocycles. The molecule has 1 atom stereocenters. The molecule has 0 amide bonds. The fourth-order valence-corrected chi connectivity index (χ4v) is 4.35. The minimum atomic E-state index is -3.61. The van der Waals surface area contributed by atoms with Crippen molar-refractivity contribution < 1.29 is 8.42 Å². The lowest BCUT2D eigenvalue weighted by atomic mass is 10.1. The monoisotopic (exact) mass is 327 g/mol. The lowest BCUT2D eigenvalue weighted by molar-refractivity contribution is 0.211. The largest absolute Gasteiger partial charge is 0.389 e. The van der Waals surface area contributed by atoms with Crippen molar-refractivity contribution in [1.29, 1.82) is 0 Å². The molecule has 0 radical (unpaired) electrons. The van der Waals surface area contributed by atoms with Crippen LogP contribution in [0, 0.1) is 0 Å². The van der Waals surface area contributed by atoms with E-state index in [1.807, 2.05) is 0 Å². The lowest BCUT2D eigenvalue weighted by Crippen LogP contribution is -2.47. The Morgan fingerprint density at radius 1 is 1.48 bits per heavy atom. The lowest BCUT2D eigenvalue weighted by Gasteiger charge is -2.32. The minimum Gasteiger partial charge on any atom is -0.389 e. The summed E-state index contributed by atoms with van der Waals surface area (Å²) >= 11 is 4.94. The van der Waals surface area contributed by atoms with Crippen molar-refractivity contribution in [2.24, 2.45) is 5.73 Å². The fraction of sp³-hybridized carbons (Fsp3) is 0.500. The van der Waals surface area contributed by atoms with Gasteiger partial charge in [-0.2, -0.15) is 0 Å². The Morgan fingerprint density at radius 3 is 2.86 bits per heavy atom. The number of rotatable bonds is 5. The molecule has 1 aromatic carbocycles. The second-order valence-corrected chi connectivity index (χ2v) is 7.34. The van der Waals surface area contributed by atoms with Gasteiger partial charge in [0.15, 0.2) is 0 Å². The molecule has 1 fully saturated rings. The average Bonchev–Trinajstić information content (AvgIpc) is 2.47. The first kappa shape index (κ1) is 16.4. The SMILES string of the molecule is CCN1CCCC(NS(=O)(=O)c2ccccc2C(N)=S)C1. The van der Waals surface area contributed by atoms with Crippen LogP contribution in [-0.4, -0.2) is 44.0 Å². The number of benzene rings is 1. The predicted molar refractivity (Wildman–Crippen MR) is 87.8 cm³/mol. The van der Waals surface area contributed by atoms with Crippen LogP contribution in [0.4, 0.5) is 0 Å². The number of likely N-dealkylation sites (N-methyl/N-ethyl adjacent to an activating group) is 1. The summed E-state index contributed by atoms with van der Waals surface area (Å²) in [5.41, 5.74) is 6.01.